The van der Waals surface area contributed by atoms with Gasteiger partial charge in [0.2, 0.25) is 0 Å². The predicted molar refractivity (Wildman–Crippen MR) is 122 cm³/mol. The molecule has 7 nitrogen and oxygen atoms in total. The Bertz CT molecular complexity index is 1250. The van der Waals surface area contributed by atoms with E-state index in [0.29, 0.717) is 43.7 Å². The summed E-state index contributed by atoms with van der Waals surface area (Å²) in [6, 6.07) is 14.5. The number of carboxylic acids is 1. The van der Waals surface area contributed by atoms with Crippen molar-refractivity contribution in [2.24, 2.45) is 0 Å². The minimum Gasteiger partial charge on any atom is -1.00 e. The summed E-state index contributed by atoms with van der Waals surface area (Å²) in [5.74, 6) is 0.433. The van der Waals surface area contributed by atoms with Crippen molar-refractivity contribution in [3.63, 3.8) is 0 Å². The van der Waals surface area contributed by atoms with Gasteiger partial charge in [0.1, 0.15) is 11.5 Å². The van der Waals surface area contributed by atoms with Gasteiger partial charge in [0.25, 0.3) is 0 Å². The molecule has 3 heterocycles. The molecule has 1 saturated heterocycles. The summed E-state index contributed by atoms with van der Waals surface area (Å²) in [6.07, 6.45) is 0. The number of carboxylic acid groups (broad SMARTS) is 1. The second kappa shape index (κ2) is 10.6. The fourth-order valence-corrected chi connectivity index (χ4v) is 6.04. The molecule has 0 bridgehead atoms. The molecule has 1 aromatic heterocycles. The largest absolute Gasteiger partial charge is 1.00 e. The number of fused-ring (bicyclic) bond motifs is 2. The van der Waals surface area contributed by atoms with Gasteiger partial charge in [-0.15, -0.1) is 0 Å². The van der Waals surface area contributed by atoms with Crippen LogP contribution in [0.3, 0.4) is 0 Å². The molecule has 2 aromatic carbocycles. The molecule has 2 aliphatic rings. The van der Waals surface area contributed by atoms with Crippen LogP contribution in [-0.2, 0) is 9.53 Å². The summed E-state index contributed by atoms with van der Waals surface area (Å²) in [5.41, 5.74) is 0.628. The molecule has 0 aliphatic carbocycles. The van der Waals surface area contributed by atoms with E-state index in [2.05, 4.69) is 0 Å². The maximum absolute atomic E-state index is 12.5. The van der Waals surface area contributed by atoms with E-state index in [1.54, 1.807) is 17.8 Å². The van der Waals surface area contributed by atoms with E-state index in [4.69, 9.17) is 19.0 Å². The van der Waals surface area contributed by atoms with Gasteiger partial charge in [-0.3, -0.25) is 4.79 Å². The molecule has 0 radical (unpaired) electrons. The zero-order chi connectivity index (χ0) is 22.1. The van der Waals surface area contributed by atoms with Crippen molar-refractivity contribution in [1.29, 1.82) is 0 Å². The van der Waals surface area contributed by atoms with Crippen LogP contribution in [0.15, 0.2) is 77.3 Å². The molecule has 0 amide bonds. The molecule has 0 unspecified atom stereocenters. The molecule has 0 spiro atoms. The first kappa shape index (κ1) is 24.3. The van der Waals surface area contributed by atoms with Crippen LogP contribution in [0.4, 0.5) is 5.88 Å². The van der Waals surface area contributed by atoms with E-state index < -0.39 is 12.6 Å². The van der Waals surface area contributed by atoms with Gasteiger partial charge in [-0.25, -0.2) is 4.79 Å². The molecule has 33 heavy (non-hydrogen) atoms. The van der Waals surface area contributed by atoms with Crippen molar-refractivity contribution in [2.75, 3.05) is 37.8 Å². The fourth-order valence-electron chi connectivity index (χ4n) is 3.56. The molecular formula is C23H20NNaO6S2. The van der Waals surface area contributed by atoms with Gasteiger partial charge < -0.3 is 25.3 Å². The van der Waals surface area contributed by atoms with Gasteiger partial charge in [-0.1, -0.05) is 35.7 Å². The Balaban J connectivity index is 0.00000162. The molecule has 2 aliphatic heterocycles. The normalized spacial score (nSPS) is 14.6. The monoisotopic (exact) mass is 493 g/mol. The Kier molecular flexibility index (Phi) is 7.78. The van der Waals surface area contributed by atoms with Gasteiger partial charge in [0.15, 0.2) is 17.9 Å². The average Bonchev–Trinajstić information content (AvgIpc) is 2.81. The smallest absolute Gasteiger partial charge is 1.00 e. The third kappa shape index (κ3) is 5.29. The van der Waals surface area contributed by atoms with E-state index in [9.17, 15) is 9.59 Å². The van der Waals surface area contributed by atoms with Crippen molar-refractivity contribution in [3.8, 4) is 17.1 Å². The Morgan fingerprint density at radius 2 is 1.76 bits per heavy atom. The SMILES string of the molecule is O=C(O)COc1ccc(-c2cc(=O)cc(N3CCOCC3)o2)c2c1Sc1ccccc1S2.[H-].[Na+]. The average molecular weight is 494 g/mol. The van der Waals surface area contributed by atoms with Crippen LogP contribution < -0.4 is 44.6 Å². The first-order valence-electron chi connectivity index (χ1n) is 10.0. The third-order valence-electron chi connectivity index (χ3n) is 5.04. The molecular weight excluding hydrogens is 473 g/mol. The summed E-state index contributed by atoms with van der Waals surface area (Å²) >= 11 is 3.08. The van der Waals surface area contributed by atoms with Crippen molar-refractivity contribution in [2.45, 2.75) is 19.6 Å². The van der Waals surface area contributed by atoms with Crippen LogP contribution in [-0.4, -0.2) is 44.0 Å². The van der Waals surface area contributed by atoms with Gasteiger partial charge in [-0.05, 0) is 24.3 Å². The van der Waals surface area contributed by atoms with Crippen molar-refractivity contribution in [3.05, 3.63) is 58.8 Å². The Morgan fingerprint density at radius 1 is 1.06 bits per heavy atom. The molecule has 5 rings (SSSR count). The van der Waals surface area contributed by atoms with Crippen molar-refractivity contribution < 1.29 is 54.8 Å². The minimum absolute atomic E-state index is 0. The van der Waals surface area contributed by atoms with Gasteiger partial charge in [0.05, 0.1) is 18.1 Å². The Labute approximate surface area is 222 Å². The summed E-state index contributed by atoms with van der Waals surface area (Å²) in [7, 11) is 0. The number of hydrogen-bond donors (Lipinski definition) is 1. The summed E-state index contributed by atoms with van der Waals surface area (Å²) in [6.45, 7) is 2.06. The van der Waals surface area contributed by atoms with Crippen molar-refractivity contribution >= 4 is 35.4 Å². The van der Waals surface area contributed by atoms with E-state index in [0.717, 1.165) is 25.1 Å². The Morgan fingerprint density at radius 3 is 2.45 bits per heavy atom. The number of morpholine rings is 1. The molecule has 0 saturated carbocycles. The summed E-state index contributed by atoms with van der Waals surface area (Å²) in [5, 5.41) is 9.05. The predicted octanol–water partition coefficient (Wildman–Crippen LogP) is 1.34. The van der Waals surface area contributed by atoms with Crippen molar-refractivity contribution in [1.82, 2.24) is 0 Å². The summed E-state index contributed by atoms with van der Waals surface area (Å²) < 4.78 is 17.2. The minimum atomic E-state index is -1.04. The number of hydrogen-bond acceptors (Lipinski definition) is 8. The topological polar surface area (TPSA) is 89.2 Å². The second-order valence-electron chi connectivity index (χ2n) is 7.20. The number of carbonyl (C=O) groups is 1. The van der Waals surface area contributed by atoms with E-state index >= 15 is 0 Å². The number of aliphatic carboxylic acids is 1. The number of nitrogens with zero attached hydrogens (tertiary/aromatic N) is 1. The van der Waals surface area contributed by atoms with Crippen LogP contribution in [0.25, 0.3) is 11.3 Å². The molecule has 10 heteroatoms. The zero-order valence-corrected chi connectivity index (χ0v) is 21.5. The molecule has 3 aromatic rings. The molecule has 1 fully saturated rings. The van der Waals surface area contributed by atoms with Crippen LogP contribution >= 0.6 is 23.5 Å². The quantitative estimate of drug-likeness (QED) is 0.414. The number of anilines is 1. The number of rotatable bonds is 5. The standard InChI is InChI=1S/C23H19NO6S2.Na.H/c25-14-11-17(30-20(12-14)24-7-9-28-10-8-24)15-5-6-16(29-13-21(26)27)23-22(15)31-18-3-1-2-4-19(18)32-23;;/h1-6,11-12H,7-10,13H2,(H,26,27);;/q;+1;-1. The van der Waals surface area contributed by atoms with Gasteiger partial charge in [0, 0.05) is 45.5 Å². The maximum Gasteiger partial charge on any atom is 1.00 e. The number of ether oxygens (including phenoxy) is 2. The fraction of sp³-hybridized carbons (Fsp3) is 0.217. The number of benzene rings is 2. The Hall–Kier alpha value is -1.88. The molecule has 1 N–H and O–H groups in total. The maximum atomic E-state index is 12.5. The summed E-state index contributed by atoms with van der Waals surface area (Å²) in [4.78, 5) is 29.4. The van der Waals surface area contributed by atoms with E-state index in [1.165, 1.54) is 23.9 Å². The van der Waals surface area contributed by atoms with Gasteiger partial charge in [-0.2, -0.15) is 0 Å². The first-order valence-corrected chi connectivity index (χ1v) is 11.7. The zero-order valence-electron chi connectivity index (χ0n) is 18.9. The van der Waals surface area contributed by atoms with Crippen LogP contribution in [0.1, 0.15) is 1.43 Å². The van der Waals surface area contributed by atoms with Crippen LogP contribution in [0, 0.1) is 0 Å². The van der Waals surface area contributed by atoms with Crippen LogP contribution in [0.5, 0.6) is 5.75 Å². The van der Waals surface area contributed by atoms with E-state index in [1.807, 2.05) is 35.2 Å². The van der Waals surface area contributed by atoms with Gasteiger partial charge >= 0.3 is 35.5 Å². The first-order chi connectivity index (χ1) is 15.6. The molecule has 166 valence electrons. The molecule has 0 atom stereocenters. The van der Waals surface area contributed by atoms with Crippen LogP contribution in [0.2, 0.25) is 0 Å². The second-order valence-corrected chi connectivity index (χ2v) is 9.30. The third-order valence-corrected chi connectivity index (χ3v) is 7.69. The van der Waals surface area contributed by atoms with E-state index in [-0.39, 0.29) is 36.4 Å².